The van der Waals surface area contributed by atoms with Crippen molar-refractivity contribution in [3.8, 4) is 5.75 Å². The standard InChI is InChI=1S/C20H29FN2O3/c1-22-20(24)26-19-11-13-23(18-6-3-2-5-17(18)19)12-4-14-25-16-9-7-15(21)8-10-16/h7-10,17-19H,2-6,11-14H2,1H3,(H,22,24). The molecule has 1 aromatic carbocycles. The molecule has 0 radical (unpaired) electrons. The smallest absolute Gasteiger partial charge is 0.407 e. The van der Waals surface area contributed by atoms with E-state index in [9.17, 15) is 9.18 Å². The number of likely N-dealkylation sites (tertiary alicyclic amines) is 1. The van der Waals surface area contributed by atoms with E-state index in [0.717, 1.165) is 32.4 Å². The molecule has 0 bridgehead atoms. The van der Waals surface area contributed by atoms with Gasteiger partial charge in [-0.25, -0.2) is 9.18 Å². The van der Waals surface area contributed by atoms with E-state index in [-0.39, 0.29) is 18.0 Å². The van der Waals surface area contributed by atoms with Gasteiger partial charge in [-0.05, 0) is 49.9 Å². The molecule has 1 aromatic rings. The minimum Gasteiger partial charge on any atom is -0.494 e. The normalized spacial score (nSPS) is 26.0. The Labute approximate surface area is 154 Å². The van der Waals surface area contributed by atoms with Crippen LogP contribution >= 0.6 is 0 Å². The molecule has 144 valence electrons. The van der Waals surface area contributed by atoms with Crippen molar-refractivity contribution >= 4 is 6.09 Å². The molecular weight excluding hydrogens is 335 g/mol. The topological polar surface area (TPSA) is 50.8 Å². The summed E-state index contributed by atoms with van der Waals surface area (Å²) in [6.07, 6.45) is 6.32. The van der Waals surface area contributed by atoms with E-state index in [0.29, 0.717) is 24.3 Å². The molecule has 1 saturated carbocycles. The molecule has 26 heavy (non-hydrogen) atoms. The molecule has 1 aliphatic carbocycles. The summed E-state index contributed by atoms with van der Waals surface area (Å²) < 4.78 is 24.2. The first-order valence-electron chi connectivity index (χ1n) is 9.68. The second-order valence-corrected chi connectivity index (χ2v) is 7.19. The number of nitrogens with zero attached hydrogens (tertiary/aromatic N) is 1. The minimum atomic E-state index is -0.319. The molecule has 3 rings (SSSR count). The summed E-state index contributed by atoms with van der Waals surface area (Å²) in [6, 6.07) is 6.65. The van der Waals surface area contributed by atoms with Gasteiger partial charge in [0.15, 0.2) is 0 Å². The third-order valence-corrected chi connectivity index (χ3v) is 5.56. The van der Waals surface area contributed by atoms with Crippen molar-refractivity contribution in [1.82, 2.24) is 10.2 Å². The SMILES string of the molecule is CNC(=O)OC1CCN(CCCOc2ccc(F)cc2)C2CCCCC12. The highest BCUT2D eigenvalue weighted by Gasteiger charge is 2.40. The zero-order chi connectivity index (χ0) is 18.4. The van der Waals surface area contributed by atoms with E-state index in [1.807, 2.05) is 0 Å². The average Bonchev–Trinajstić information content (AvgIpc) is 2.67. The van der Waals surface area contributed by atoms with Crippen LogP contribution in [0.5, 0.6) is 5.75 Å². The number of ether oxygens (including phenoxy) is 2. The minimum absolute atomic E-state index is 0.0342. The highest BCUT2D eigenvalue weighted by molar-refractivity contribution is 5.66. The average molecular weight is 364 g/mol. The summed E-state index contributed by atoms with van der Waals surface area (Å²) in [5.74, 6) is 0.898. The quantitative estimate of drug-likeness (QED) is 0.784. The summed E-state index contributed by atoms with van der Waals surface area (Å²) in [5.41, 5.74) is 0. The van der Waals surface area contributed by atoms with Crippen molar-refractivity contribution in [2.24, 2.45) is 5.92 Å². The second kappa shape index (κ2) is 9.21. The maximum absolute atomic E-state index is 12.9. The van der Waals surface area contributed by atoms with Gasteiger partial charge in [-0.3, -0.25) is 4.90 Å². The number of amides is 1. The Hall–Kier alpha value is -1.82. The predicted octanol–water partition coefficient (Wildman–Crippen LogP) is 3.58. The number of halogens is 1. The number of carbonyl (C=O) groups excluding carboxylic acids is 1. The third-order valence-electron chi connectivity index (χ3n) is 5.56. The van der Waals surface area contributed by atoms with Gasteiger partial charge in [-0.2, -0.15) is 0 Å². The number of carbonyl (C=O) groups is 1. The van der Waals surface area contributed by atoms with Crippen LogP contribution in [-0.4, -0.2) is 49.9 Å². The summed E-state index contributed by atoms with van der Waals surface area (Å²) in [5, 5.41) is 2.57. The number of hydrogen-bond donors (Lipinski definition) is 1. The number of hydrogen-bond acceptors (Lipinski definition) is 4. The molecule has 2 aliphatic rings. The van der Waals surface area contributed by atoms with Crippen molar-refractivity contribution in [3.05, 3.63) is 30.1 Å². The molecule has 3 unspecified atom stereocenters. The summed E-state index contributed by atoms with van der Waals surface area (Å²) >= 11 is 0. The maximum Gasteiger partial charge on any atom is 0.407 e. The van der Waals surface area contributed by atoms with Gasteiger partial charge < -0.3 is 14.8 Å². The molecular formula is C20H29FN2O3. The fraction of sp³-hybridized carbons (Fsp3) is 0.650. The fourth-order valence-corrected chi connectivity index (χ4v) is 4.31. The molecule has 0 spiro atoms. The van der Waals surface area contributed by atoms with Crippen molar-refractivity contribution in [2.75, 3.05) is 26.7 Å². The molecule has 5 nitrogen and oxygen atoms in total. The van der Waals surface area contributed by atoms with Crippen LogP contribution in [0.15, 0.2) is 24.3 Å². The molecule has 1 amide bonds. The predicted molar refractivity (Wildman–Crippen MR) is 97.8 cm³/mol. The van der Waals surface area contributed by atoms with Gasteiger partial charge in [-0.15, -0.1) is 0 Å². The number of fused-ring (bicyclic) bond motifs is 1. The van der Waals surface area contributed by atoms with Gasteiger partial charge in [0.1, 0.15) is 17.7 Å². The van der Waals surface area contributed by atoms with Crippen LogP contribution in [0.2, 0.25) is 0 Å². The maximum atomic E-state index is 12.9. The Morgan fingerprint density at radius 1 is 1.23 bits per heavy atom. The third kappa shape index (κ3) is 4.87. The van der Waals surface area contributed by atoms with E-state index in [1.54, 1.807) is 19.2 Å². The molecule has 6 heteroatoms. The van der Waals surface area contributed by atoms with E-state index in [1.165, 1.54) is 31.4 Å². The van der Waals surface area contributed by atoms with Gasteiger partial charge in [0.2, 0.25) is 0 Å². The number of alkyl carbamates (subject to hydrolysis) is 1. The molecule has 3 atom stereocenters. The first-order valence-corrected chi connectivity index (χ1v) is 9.68. The number of benzene rings is 1. The number of nitrogens with one attached hydrogen (secondary N) is 1. The van der Waals surface area contributed by atoms with Crippen LogP contribution in [-0.2, 0) is 4.74 Å². The van der Waals surface area contributed by atoms with Gasteiger partial charge in [0, 0.05) is 32.1 Å². The molecule has 1 saturated heterocycles. The van der Waals surface area contributed by atoms with Crippen LogP contribution in [0.3, 0.4) is 0 Å². The van der Waals surface area contributed by atoms with Crippen molar-refractivity contribution in [1.29, 1.82) is 0 Å². The second-order valence-electron chi connectivity index (χ2n) is 7.19. The lowest BCUT2D eigenvalue weighted by Gasteiger charge is -2.47. The van der Waals surface area contributed by atoms with Crippen molar-refractivity contribution in [3.63, 3.8) is 0 Å². The summed E-state index contributed by atoms with van der Waals surface area (Å²) in [4.78, 5) is 14.2. The number of rotatable bonds is 6. The first kappa shape index (κ1) is 19.0. The molecule has 1 heterocycles. The Bertz CT molecular complexity index is 581. The van der Waals surface area contributed by atoms with Crippen LogP contribution in [0.1, 0.15) is 38.5 Å². The van der Waals surface area contributed by atoms with E-state index in [2.05, 4.69) is 10.2 Å². The highest BCUT2D eigenvalue weighted by Crippen LogP contribution is 2.37. The molecule has 1 N–H and O–H groups in total. The van der Waals surface area contributed by atoms with Crippen LogP contribution in [0.25, 0.3) is 0 Å². The fourth-order valence-electron chi connectivity index (χ4n) is 4.31. The summed E-state index contributed by atoms with van der Waals surface area (Å²) in [7, 11) is 1.61. The lowest BCUT2D eigenvalue weighted by molar-refractivity contribution is -0.0441. The van der Waals surface area contributed by atoms with Crippen molar-refractivity contribution in [2.45, 2.75) is 50.7 Å². The molecule has 2 fully saturated rings. The Morgan fingerprint density at radius 2 is 2.00 bits per heavy atom. The largest absolute Gasteiger partial charge is 0.494 e. The van der Waals surface area contributed by atoms with Gasteiger partial charge in [-0.1, -0.05) is 12.8 Å². The molecule has 1 aliphatic heterocycles. The van der Waals surface area contributed by atoms with E-state index >= 15 is 0 Å². The van der Waals surface area contributed by atoms with Crippen molar-refractivity contribution < 1.29 is 18.7 Å². The van der Waals surface area contributed by atoms with E-state index in [4.69, 9.17) is 9.47 Å². The van der Waals surface area contributed by atoms with Gasteiger partial charge >= 0.3 is 6.09 Å². The first-order chi connectivity index (χ1) is 12.7. The van der Waals surface area contributed by atoms with E-state index < -0.39 is 0 Å². The molecule has 0 aromatic heterocycles. The lowest BCUT2D eigenvalue weighted by atomic mass is 9.76. The van der Waals surface area contributed by atoms with Gasteiger partial charge in [0.25, 0.3) is 0 Å². The van der Waals surface area contributed by atoms with Crippen LogP contribution < -0.4 is 10.1 Å². The Balaban J connectivity index is 1.47. The van der Waals surface area contributed by atoms with Crippen LogP contribution in [0.4, 0.5) is 9.18 Å². The van der Waals surface area contributed by atoms with Crippen LogP contribution in [0, 0.1) is 11.7 Å². The van der Waals surface area contributed by atoms with Gasteiger partial charge in [0.05, 0.1) is 6.61 Å². The summed E-state index contributed by atoms with van der Waals surface area (Å²) in [6.45, 7) is 2.56. The zero-order valence-corrected chi connectivity index (χ0v) is 15.5. The highest BCUT2D eigenvalue weighted by atomic mass is 19.1. The Morgan fingerprint density at radius 3 is 2.77 bits per heavy atom. The lowest BCUT2D eigenvalue weighted by Crippen LogP contribution is -2.54. The monoisotopic (exact) mass is 364 g/mol. The number of piperidine rings is 1. The Kier molecular flexibility index (Phi) is 6.72. The zero-order valence-electron chi connectivity index (χ0n) is 15.5.